The van der Waals surface area contributed by atoms with Gasteiger partial charge in [0.15, 0.2) is 0 Å². The summed E-state index contributed by atoms with van der Waals surface area (Å²) < 4.78 is 10.4. The summed E-state index contributed by atoms with van der Waals surface area (Å²) >= 11 is 0. The largest absolute Gasteiger partial charge is 0.494 e. The Hall–Kier alpha value is -2.58. The molecule has 4 nitrogen and oxygen atoms in total. The molecule has 4 heteroatoms. The van der Waals surface area contributed by atoms with E-state index in [1.807, 2.05) is 48.5 Å². The van der Waals surface area contributed by atoms with E-state index in [1.165, 1.54) is 0 Å². The van der Waals surface area contributed by atoms with E-state index in [2.05, 4.69) is 16.0 Å². The van der Waals surface area contributed by atoms with Crippen molar-refractivity contribution >= 4 is 17.4 Å². The maximum Gasteiger partial charge on any atom is 0.145 e. The third-order valence-electron chi connectivity index (χ3n) is 2.51. The van der Waals surface area contributed by atoms with E-state index in [9.17, 15) is 0 Å². The summed E-state index contributed by atoms with van der Waals surface area (Å²) in [6.07, 6.45) is 0. The average Bonchev–Trinajstić information content (AvgIpc) is 2.48. The van der Waals surface area contributed by atoms with Gasteiger partial charge in [-0.2, -0.15) is 9.98 Å². The summed E-state index contributed by atoms with van der Waals surface area (Å²) in [6.45, 7) is 0. The molecule has 0 aliphatic heterocycles. The first-order chi connectivity index (χ1) is 9.35. The fraction of sp³-hybridized carbons (Fsp3) is 0.133. The van der Waals surface area contributed by atoms with E-state index in [-0.39, 0.29) is 0 Å². The third-order valence-corrected chi connectivity index (χ3v) is 2.51. The molecule has 0 heterocycles. The number of aliphatic imine (C=N–C) groups is 2. The van der Waals surface area contributed by atoms with E-state index in [1.54, 1.807) is 14.2 Å². The molecule has 0 amide bonds. The Kier molecular flexibility index (Phi) is 4.32. The minimum atomic E-state index is 0.684. The second kappa shape index (κ2) is 6.38. The standard InChI is InChI=1S/C15H14N2O2/c1-18-14-9-5-3-7-12(14)16-11-17-13-8-4-6-10-15(13)19-2/h3-10H,1-2H3. The molecule has 0 spiro atoms. The lowest BCUT2D eigenvalue weighted by Crippen LogP contribution is -1.82. The van der Waals surface area contributed by atoms with Crippen LogP contribution < -0.4 is 9.47 Å². The Morgan fingerprint density at radius 1 is 0.737 bits per heavy atom. The minimum absolute atomic E-state index is 0.684. The highest BCUT2D eigenvalue weighted by Crippen LogP contribution is 2.27. The van der Waals surface area contributed by atoms with Crippen LogP contribution in [0.3, 0.4) is 0 Å². The molecule has 0 radical (unpaired) electrons. The summed E-state index contributed by atoms with van der Waals surface area (Å²) in [5.74, 6) is 1.37. The second-order valence-corrected chi connectivity index (χ2v) is 3.67. The molecule has 96 valence electrons. The van der Waals surface area contributed by atoms with E-state index in [0.717, 1.165) is 0 Å². The molecular formula is C15H14N2O2. The van der Waals surface area contributed by atoms with Crippen LogP contribution in [0.15, 0.2) is 58.5 Å². The Balaban J connectivity index is 2.29. The predicted octanol–water partition coefficient (Wildman–Crippen LogP) is 3.84. The van der Waals surface area contributed by atoms with Gasteiger partial charge in [-0.3, -0.25) is 0 Å². The number of nitrogens with zero attached hydrogens (tertiary/aromatic N) is 2. The fourth-order valence-corrected chi connectivity index (χ4v) is 1.58. The maximum atomic E-state index is 5.19. The highest BCUT2D eigenvalue weighted by Gasteiger charge is 1.99. The van der Waals surface area contributed by atoms with Crippen molar-refractivity contribution in [2.24, 2.45) is 9.98 Å². The molecule has 0 fully saturated rings. The molecule has 0 N–H and O–H groups in total. The lowest BCUT2D eigenvalue weighted by atomic mass is 10.3. The van der Waals surface area contributed by atoms with E-state index in [4.69, 9.17) is 9.47 Å². The van der Waals surface area contributed by atoms with Gasteiger partial charge in [0, 0.05) is 0 Å². The van der Waals surface area contributed by atoms with Crippen LogP contribution in [0, 0.1) is 0 Å². The van der Waals surface area contributed by atoms with Crippen molar-refractivity contribution in [1.82, 2.24) is 0 Å². The molecule has 0 aliphatic rings. The van der Waals surface area contributed by atoms with Crippen LogP contribution in [0.25, 0.3) is 0 Å². The first-order valence-corrected chi connectivity index (χ1v) is 5.77. The van der Waals surface area contributed by atoms with E-state index >= 15 is 0 Å². The van der Waals surface area contributed by atoms with Gasteiger partial charge in [-0.25, -0.2) is 0 Å². The number of ether oxygens (including phenoxy) is 2. The number of rotatable bonds is 4. The van der Waals surface area contributed by atoms with Gasteiger partial charge in [-0.15, -0.1) is 0 Å². The van der Waals surface area contributed by atoms with Crippen LogP contribution in [-0.4, -0.2) is 20.2 Å². The normalized spacial score (nSPS) is 9.37. The van der Waals surface area contributed by atoms with Crippen molar-refractivity contribution in [3.8, 4) is 11.5 Å². The molecule has 0 atom stereocenters. The number of benzene rings is 2. The third kappa shape index (κ3) is 3.21. The van der Waals surface area contributed by atoms with Crippen molar-refractivity contribution in [3.63, 3.8) is 0 Å². The van der Waals surface area contributed by atoms with Crippen LogP contribution in [0.1, 0.15) is 0 Å². The first kappa shape index (κ1) is 12.9. The first-order valence-electron chi connectivity index (χ1n) is 5.77. The highest BCUT2D eigenvalue weighted by atomic mass is 16.5. The van der Waals surface area contributed by atoms with Gasteiger partial charge in [0.2, 0.25) is 0 Å². The van der Waals surface area contributed by atoms with Crippen molar-refractivity contribution in [3.05, 3.63) is 48.5 Å². The van der Waals surface area contributed by atoms with Crippen LogP contribution in [0.5, 0.6) is 11.5 Å². The lowest BCUT2D eigenvalue weighted by Gasteiger charge is -2.01. The smallest absolute Gasteiger partial charge is 0.145 e. The van der Waals surface area contributed by atoms with E-state index < -0.39 is 0 Å². The highest BCUT2D eigenvalue weighted by molar-refractivity contribution is 5.64. The predicted molar refractivity (Wildman–Crippen MR) is 75.2 cm³/mol. The van der Waals surface area contributed by atoms with Gasteiger partial charge in [-0.1, -0.05) is 24.3 Å². The van der Waals surface area contributed by atoms with Gasteiger partial charge in [0.05, 0.1) is 14.2 Å². The number of methoxy groups -OCH3 is 2. The van der Waals surface area contributed by atoms with Crippen molar-refractivity contribution in [2.75, 3.05) is 14.2 Å². The number of hydrogen-bond acceptors (Lipinski definition) is 4. The zero-order chi connectivity index (χ0) is 13.5. The zero-order valence-electron chi connectivity index (χ0n) is 10.8. The average molecular weight is 254 g/mol. The summed E-state index contributed by atoms with van der Waals surface area (Å²) in [5.41, 5.74) is 1.37. The molecule has 0 saturated heterocycles. The van der Waals surface area contributed by atoms with Gasteiger partial charge in [-0.05, 0) is 24.3 Å². The molecular weight excluding hydrogens is 240 g/mol. The number of para-hydroxylation sites is 4. The summed E-state index contributed by atoms with van der Waals surface area (Å²) in [5, 5.41) is 0. The molecule has 2 aromatic carbocycles. The van der Waals surface area contributed by atoms with Gasteiger partial charge < -0.3 is 9.47 Å². The Morgan fingerprint density at radius 2 is 1.16 bits per heavy atom. The fourth-order valence-electron chi connectivity index (χ4n) is 1.58. The molecule has 0 saturated carbocycles. The van der Waals surface area contributed by atoms with E-state index in [0.29, 0.717) is 22.9 Å². The van der Waals surface area contributed by atoms with Gasteiger partial charge >= 0.3 is 0 Å². The summed E-state index contributed by atoms with van der Waals surface area (Å²) in [6, 6.07) is 17.5. The molecule has 0 aromatic heterocycles. The number of hydrogen-bond donors (Lipinski definition) is 0. The van der Waals surface area contributed by atoms with Gasteiger partial charge in [0.25, 0.3) is 0 Å². The lowest BCUT2D eigenvalue weighted by molar-refractivity contribution is 0.416. The Morgan fingerprint density at radius 3 is 1.58 bits per heavy atom. The molecule has 2 rings (SSSR count). The minimum Gasteiger partial charge on any atom is -0.494 e. The van der Waals surface area contributed by atoms with Crippen LogP contribution in [-0.2, 0) is 0 Å². The summed E-state index contributed by atoms with van der Waals surface area (Å²) in [4.78, 5) is 8.30. The Bertz CT molecular complexity index is 566. The SMILES string of the molecule is COc1ccccc1N=C=Nc1ccccc1OC. The quantitative estimate of drug-likeness (QED) is 0.778. The molecule has 19 heavy (non-hydrogen) atoms. The topological polar surface area (TPSA) is 43.2 Å². The van der Waals surface area contributed by atoms with Crippen molar-refractivity contribution < 1.29 is 9.47 Å². The van der Waals surface area contributed by atoms with Crippen LogP contribution in [0.4, 0.5) is 11.4 Å². The zero-order valence-corrected chi connectivity index (χ0v) is 10.8. The molecule has 0 bridgehead atoms. The molecule has 0 unspecified atom stereocenters. The monoisotopic (exact) mass is 254 g/mol. The molecule has 0 aliphatic carbocycles. The van der Waals surface area contributed by atoms with Crippen LogP contribution in [0.2, 0.25) is 0 Å². The Labute approximate surface area is 112 Å². The molecule has 2 aromatic rings. The second-order valence-electron chi connectivity index (χ2n) is 3.67. The van der Waals surface area contributed by atoms with Crippen molar-refractivity contribution in [1.29, 1.82) is 0 Å². The van der Waals surface area contributed by atoms with Crippen LogP contribution >= 0.6 is 0 Å². The van der Waals surface area contributed by atoms with Gasteiger partial charge in [0.1, 0.15) is 28.9 Å². The maximum absolute atomic E-state index is 5.19. The van der Waals surface area contributed by atoms with Crippen molar-refractivity contribution in [2.45, 2.75) is 0 Å². The summed E-state index contributed by atoms with van der Waals surface area (Å²) in [7, 11) is 3.21.